The summed E-state index contributed by atoms with van der Waals surface area (Å²) in [5, 5.41) is 0. The van der Waals surface area contributed by atoms with Crippen molar-refractivity contribution in [3.8, 4) is 0 Å². The number of unbranched alkanes of at least 4 members (excludes halogenated alkanes) is 2. The summed E-state index contributed by atoms with van der Waals surface area (Å²) in [6.45, 7) is 8.30. The number of hydrogen-bond donors (Lipinski definition) is 2. The van der Waals surface area contributed by atoms with Crippen LogP contribution >= 0.6 is 0 Å². The Kier molecular flexibility index (Phi) is 6.59. The first kappa shape index (κ1) is 15.7. The summed E-state index contributed by atoms with van der Waals surface area (Å²) in [7, 11) is 0. The average molecular weight is 267 g/mol. The first-order valence-electron chi connectivity index (χ1n) is 6.90. The molecule has 0 aromatic carbocycles. The molecular formula is C14H25N3O2. The fourth-order valence-corrected chi connectivity index (χ4v) is 1.95. The summed E-state index contributed by atoms with van der Waals surface area (Å²) in [6.07, 6.45) is 5.09. The number of nitrogens with two attached hydrogens (primary N) is 1. The van der Waals surface area contributed by atoms with Gasteiger partial charge < -0.3 is 4.42 Å². The molecule has 5 heteroatoms. The Morgan fingerprint density at radius 2 is 2.21 bits per heavy atom. The number of nitrogens with one attached hydrogen (secondary N) is 1. The third kappa shape index (κ3) is 5.04. The van der Waals surface area contributed by atoms with Crippen molar-refractivity contribution in [1.29, 1.82) is 0 Å². The van der Waals surface area contributed by atoms with Gasteiger partial charge in [0.05, 0.1) is 12.1 Å². The average Bonchev–Trinajstić information content (AvgIpc) is 2.85. The molecule has 0 fully saturated rings. The second-order valence-corrected chi connectivity index (χ2v) is 5.05. The summed E-state index contributed by atoms with van der Waals surface area (Å²) in [5.74, 6) is 5.57. The number of hydrazine groups is 1. The minimum absolute atomic E-state index is 0.322. The van der Waals surface area contributed by atoms with Crippen molar-refractivity contribution >= 4 is 5.91 Å². The molecule has 1 rings (SSSR count). The van der Waals surface area contributed by atoms with Gasteiger partial charge in [0, 0.05) is 6.04 Å². The van der Waals surface area contributed by atoms with Crippen molar-refractivity contribution in [2.75, 3.05) is 6.54 Å². The number of nitrogen functional groups attached to an aromatic ring is 1. The number of nitrogens with zero attached hydrogens (tertiary/aromatic N) is 1. The Bertz CT molecular complexity index is 388. The topological polar surface area (TPSA) is 71.5 Å². The van der Waals surface area contributed by atoms with Crippen molar-refractivity contribution in [2.24, 2.45) is 5.84 Å². The van der Waals surface area contributed by atoms with Crippen LogP contribution in [0, 0.1) is 0 Å². The molecule has 1 aromatic rings. The second-order valence-electron chi connectivity index (χ2n) is 5.05. The van der Waals surface area contributed by atoms with Gasteiger partial charge in [0.25, 0.3) is 5.91 Å². The van der Waals surface area contributed by atoms with E-state index in [2.05, 4.69) is 31.1 Å². The summed E-state index contributed by atoms with van der Waals surface area (Å²) in [4.78, 5) is 13.7. The molecule has 0 bridgehead atoms. The highest BCUT2D eigenvalue weighted by Gasteiger charge is 2.14. The summed E-state index contributed by atoms with van der Waals surface area (Å²) in [6, 6.07) is 2.20. The van der Waals surface area contributed by atoms with Crippen LogP contribution in [-0.2, 0) is 6.54 Å². The van der Waals surface area contributed by atoms with Crippen LogP contribution in [0.5, 0.6) is 0 Å². The molecule has 108 valence electrons. The highest BCUT2D eigenvalue weighted by molar-refractivity contribution is 5.93. The first-order valence-corrected chi connectivity index (χ1v) is 6.90. The number of hydrogen-bond acceptors (Lipinski definition) is 4. The van der Waals surface area contributed by atoms with Crippen LogP contribution in [0.3, 0.4) is 0 Å². The minimum atomic E-state index is -0.322. The Labute approximate surface area is 115 Å². The van der Waals surface area contributed by atoms with Crippen LogP contribution in [0.15, 0.2) is 16.7 Å². The Balaban J connectivity index is 2.58. The molecular weight excluding hydrogens is 242 g/mol. The van der Waals surface area contributed by atoms with Crippen LogP contribution < -0.4 is 11.3 Å². The van der Waals surface area contributed by atoms with Crippen LogP contribution in [0.1, 0.15) is 56.2 Å². The molecule has 0 saturated carbocycles. The summed E-state index contributed by atoms with van der Waals surface area (Å²) >= 11 is 0. The maximum atomic E-state index is 11.3. The quantitative estimate of drug-likeness (QED) is 0.328. The fourth-order valence-electron chi connectivity index (χ4n) is 1.95. The van der Waals surface area contributed by atoms with E-state index >= 15 is 0 Å². The molecule has 0 atom stereocenters. The summed E-state index contributed by atoms with van der Waals surface area (Å²) < 4.78 is 5.42. The molecule has 1 amide bonds. The van der Waals surface area contributed by atoms with E-state index in [9.17, 15) is 4.79 Å². The zero-order chi connectivity index (χ0) is 14.3. The highest BCUT2D eigenvalue weighted by Crippen LogP contribution is 2.13. The predicted octanol–water partition coefficient (Wildman–Crippen LogP) is 2.28. The van der Waals surface area contributed by atoms with Crippen LogP contribution in [0.25, 0.3) is 0 Å². The van der Waals surface area contributed by atoms with Gasteiger partial charge in [0.15, 0.2) is 0 Å². The lowest BCUT2D eigenvalue weighted by Gasteiger charge is -2.25. The number of rotatable bonds is 8. The largest absolute Gasteiger partial charge is 0.467 e. The standard InChI is InChI=1S/C14H25N3O2/c1-4-5-6-7-17(11(2)3)9-13-8-12(10-19-13)14(18)16-15/h8,10-11H,4-7,9,15H2,1-3H3,(H,16,18). The maximum Gasteiger partial charge on any atom is 0.268 e. The van der Waals surface area contributed by atoms with Gasteiger partial charge in [0.2, 0.25) is 0 Å². The molecule has 0 aliphatic rings. The molecule has 0 aliphatic heterocycles. The Morgan fingerprint density at radius 3 is 2.79 bits per heavy atom. The van der Waals surface area contributed by atoms with Crippen molar-refractivity contribution in [3.05, 3.63) is 23.7 Å². The van der Waals surface area contributed by atoms with Gasteiger partial charge >= 0.3 is 0 Å². The predicted molar refractivity (Wildman–Crippen MR) is 75.4 cm³/mol. The van der Waals surface area contributed by atoms with E-state index in [1.807, 2.05) is 0 Å². The van der Waals surface area contributed by atoms with Gasteiger partial charge in [-0.25, -0.2) is 5.84 Å². The molecule has 0 radical (unpaired) electrons. The molecule has 1 heterocycles. The maximum absolute atomic E-state index is 11.3. The number of carbonyl (C=O) groups is 1. The van der Waals surface area contributed by atoms with Gasteiger partial charge in [-0.1, -0.05) is 19.8 Å². The van der Waals surface area contributed by atoms with Crippen molar-refractivity contribution in [2.45, 2.75) is 52.6 Å². The normalized spacial score (nSPS) is 11.3. The van der Waals surface area contributed by atoms with E-state index in [0.717, 1.165) is 18.8 Å². The van der Waals surface area contributed by atoms with E-state index in [0.29, 0.717) is 11.6 Å². The number of carbonyl (C=O) groups excluding carboxylic acids is 1. The molecule has 0 unspecified atom stereocenters. The molecule has 1 aromatic heterocycles. The highest BCUT2D eigenvalue weighted by atomic mass is 16.3. The fraction of sp³-hybridized carbons (Fsp3) is 0.643. The van der Waals surface area contributed by atoms with Crippen molar-refractivity contribution < 1.29 is 9.21 Å². The first-order chi connectivity index (χ1) is 9.08. The van der Waals surface area contributed by atoms with Gasteiger partial charge in [-0.15, -0.1) is 0 Å². The molecule has 0 saturated heterocycles. The van der Waals surface area contributed by atoms with Gasteiger partial charge in [0.1, 0.15) is 12.0 Å². The zero-order valence-corrected chi connectivity index (χ0v) is 12.1. The number of furan rings is 1. The van der Waals surface area contributed by atoms with Gasteiger partial charge in [-0.2, -0.15) is 0 Å². The lowest BCUT2D eigenvalue weighted by Crippen LogP contribution is -2.31. The lowest BCUT2D eigenvalue weighted by atomic mass is 10.2. The molecule has 3 N–H and O–H groups in total. The van der Waals surface area contributed by atoms with E-state index < -0.39 is 0 Å². The summed E-state index contributed by atoms with van der Waals surface area (Å²) in [5.41, 5.74) is 2.57. The van der Waals surface area contributed by atoms with Gasteiger partial charge in [-0.05, 0) is 32.9 Å². The minimum Gasteiger partial charge on any atom is -0.467 e. The molecule has 5 nitrogen and oxygen atoms in total. The lowest BCUT2D eigenvalue weighted by molar-refractivity contribution is 0.0953. The van der Waals surface area contributed by atoms with Crippen LogP contribution in [0.2, 0.25) is 0 Å². The number of amides is 1. The van der Waals surface area contributed by atoms with E-state index in [4.69, 9.17) is 10.3 Å². The van der Waals surface area contributed by atoms with E-state index in [1.165, 1.54) is 25.5 Å². The van der Waals surface area contributed by atoms with E-state index in [-0.39, 0.29) is 5.91 Å². The Morgan fingerprint density at radius 1 is 1.47 bits per heavy atom. The SMILES string of the molecule is CCCCCN(Cc1cc(C(=O)NN)co1)C(C)C. The van der Waals surface area contributed by atoms with Crippen molar-refractivity contribution in [1.82, 2.24) is 10.3 Å². The molecule has 0 aliphatic carbocycles. The second kappa shape index (κ2) is 7.96. The molecule has 0 spiro atoms. The van der Waals surface area contributed by atoms with Crippen molar-refractivity contribution in [3.63, 3.8) is 0 Å². The van der Waals surface area contributed by atoms with Crippen LogP contribution in [0.4, 0.5) is 0 Å². The van der Waals surface area contributed by atoms with Crippen LogP contribution in [-0.4, -0.2) is 23.4 Å². The monoisotopic (exact) mass is 267 g/mol. The third-order valence-corrected chi connectivity index (χ3v) is 3.19. The zero-order valence-electron chi connectivity index (χ0n) is 12.1. The Hall–Kier alpha value is -1.33. The molecule has 19 heavy (non-hydrogen) atoms. The van der Waals surface area contributed by atoms with E-state index in [1.54, 1.807) is 6.07 Å². The van der Waals surface area contributed by atoms with Gasteiger partial charge in [-0.3, -0.25) is 15.1 Å². The smallest absolute Gasteiger partial charge is 0.268 e. The third-order valence-electron chi connectivity index (χ3n) is 3.19.